The number of aromatic nitrogens is 4. The minimum atomic E-state index is -0.416. The van der Waals surface area contributed by atoms with Crippen molar-refractivity contribution in [2.75, 3.05) is 6.61 Å². The van der Waals surface area contributed by atoms with Gasteiger partial charge in [0, 0.05) is 20.6 Å². The highest BCUT2D eigenvalue weighted by molar-refractivity contribution is 6.31. The van der Waals surface area contributed by atoms with Gasteiger partial charge in [0.2, 0.25) is 0 Å². The van der Waals surface area contributed by atoms with Crippen LogP contribution in [-0.4, -0.2) is 25.3 Å². The molecule has 26 heavy (non-hydrogen) atoms. The van der Waals surface area contributed by atoms with Crippen molar-refractivity contribution in [1.82, 2.24) is 18.7 Å². The lowest BCUT2D eigenvalue weighted by atomic mass is 10.2. The fourth-order valence-electron chi connectivity index (χ4n) is 2.72. The smallest absolute Gasteiger partial charge is 0.332 e. The lowest BCUT2D eigenvalue weighted by Crippen LogP contribution is -2.37. The molecule has 3 aromatic rings. The summed E-state index contributed by atoms with van der Waals surface area (Å²) >= 11 is 5.97. The molecule has 0 unspecified atom stereocenters. The van der Waals surface area contributed by atoms with Crippen LogP contribution in [-0.2, 0) is 20.6 Å². The Morgan fingerprint density at radius 1 is 1.27 bits per heavy atom. The lowest BCUT2D eigenvalue weighted by Gasteiger charge is -2.09. The van der Waals surface area contributed by atoms with Crippen molar-refractivity contribution in [2.24, 2.45) is 14.1 Å². The number of hydrogen-bond donors (Lipinski definition) is 0. The van der Waals surface area contributed by atoms with Gasteiger partial charge in [-0.2, -0.15) is 5.26 Å². The van der Waals surface area contributed by atoms with E-state index in [1.54, 1.807) is 29.8 Å². The molecule has 0 saturated heterocycles. The van der Waals surface area contributed by atoms with Gasteiger partial charge in [-0.05, 0) is 18.6 Å². The molecule has 0 fully saturated rings. The second-order valence-electron chi connectivity index (χ2n) is 5.74. The molecular formula is C17H16ClN5O3. The van der Waals surface area contributed by atoms with Crippen LogP contribution in [0.1, 0.15) is 12.0 Å². The first-order chi connectivity index (χ1) is 12.5. The van der Waals surface area contributed by atoms with Gasteiger partial charge in [-0.25, -0.2) is 9.78 Å². The highest BCUT2D eigenvalue weighted by Crippen LogP contribution is 2.25. The average molecular weight is 374 g/mol. The standard InChI is InChI=1S/C17H16ClN5O3/c1-21-15-14(16(24)22(2)17(21)25)23(10-20-15)7-4-8-26-13-6-3-5-12(18)11(13)9-19/h3,5-6,10H,4,7-8H2,1-2H3. The van der Waals surface area contributed by atoms with Gasteiger partial charge < -0.3 is 9.30 Å². The zero-order chi connectivity index (χ0) is 18.8. The van der Waals surface area contributed by atoms with Crippen molar-refractivity contribution in [3.05, 3.63) is 56.0 Å². The molecule has 9 heteroatoms. The quantitative estimate of drug-likeness (QED) is 0.630. The van der Waals surface area contributed by atoms with Gasteiger partial charge in [-0.1, -0.05) is 17.7 Å². The van der Waals surface area contributed by atoms with E-state index >= 15 is 0 Å². The second kappa shape index (κ2) is 7.06. The summed E-state index contributed by atoms with van der Waals surface area (Å²) < 4.78 is 9.73. The van der Waals surface area contributed by atoms with E-state index in [9.17, 15) is 9.59 Å². The first-order valence-electron chi connectivity index (χ1n) is 7.88. The fourth-order valence-corrected chi connectivity index (χ4v) is 2.92. The third-order valence-electron chi connectivity index (χ3n) is 4.11. The van der Waals surface area contributed by atoms with Gasteiger partial charge in [-0.15, -0.1) is 0 Å². The summed E-state index contributed by atoms with van der Waals surface area (Å²) in [5, 5.41) is 9.48. The molecule has 2 heterocycles. The maximum Gasteiger partial charge on any atom is 0.332 e. The maximum absolute atomic E-state index is 12.4. The highest BCUT2D eigenvalue weighted by atomic mass is 35.5. The number of nitrogens with zero attached hydrogens (tertiary/aromatic N) is 5. The molecule has 0 atom stereocenters. The minimum Gasteiger partial charge on any atom is -0.492 e. The molecule has 0 radical (unpaired) electrons. The number of aryl methyl sites for hydroxylation is 2. The van der Waals surface area contributed by atoms with E-state index in [-0.39, 0.29) is 5.56 Å². The van der Waals surface area contributed by atoms with E-state index in [0.717, 1.165) is 4.57 Å². The van der Waals surface area contributed by atoms with Crippen molar-refractivity contribution >= 4 is 22.8 Å². The molecule has 0 amide bonds. The van der Waals surface area contributed by atoms with Crippen molar-refractivity contribution in [3.8, 4) is 11.8 Å². The molecule has 0 aliphatic rings. The number of fused-ring (bicyclic) bond motifs is 1. The molecule has 2 aromatic heterocycles. The number of imidazole rings is 1. The molecule has 3 rings (SSSR count). The Balaban J connectivity index is 1.76. The van der Waals surface area contributed by atoms with Crippen LogP contribution in [0.15, 0.2) is 34.1 Å². The predicted molar refractivity (Wildman–Crippen MR) is 96.5 cm³/mol. The Bertz CT molecular complexity index is 1140. The zero-order valence-electron chi connectivity index (χ0n) is 14.3. The van der Waals surface area contributed by atoms with E-state index in [2.05, 4.69) is 4.98 Å². The van der Waals surface area contributed by atoms with Gasteiger partial charge in [-0.3, -0.25) is 13.9 Å². The molecule has 0 spiro atoms. The second-order valence-corrected chi connectivity index (χ2v) is 6.15. The summed E-state index contributed by atoms with van der Waals surface area (Å²) in [4.78, 5) is 28.5. The van der Waals surface area contributed by atoms with E-state index < -0.39 is 5.69 Å². The van der Waals surface area contributed by atoms with Crippen LogP contribution in [0.3, 0.4) is 0 Å². The number of ether oxygens (including phenoxy) is 1. The zero-order valence-corrected chi connectivity index (χ0v) is 15.0. The van der Waals surface area contributed by atoms with Crippen molar-refractivity contribution in [3.63, 3.8) is 0 Å². The number of nitriles is 1. The first kappa shape index (κ1) is 17.8. The van der Waals surface area contributed by atoms with Gasteiger partial charge in [0.05, 0.1) is 18.0 Å². The molecule has 0 saturated carbocycles. The van der Waals surface area contributed by atoms with E-state index in [1.165, 1.54) is 17.9 Å². The normalized spacial score (nSPS) is 10.8. The van der Waals surface area contributed by atoms with E-state index in [4.69, 9.17) is 21.6 Å². The van der Waals surface area contributed by atoms with Crippen LogP contribution >= 0.6 is 11.6 Å². The molecule has 8 nitrogen and oxygen atoms in total. The summed E-state index contributed by atoms with van der Waals surface area (Å²) in [6, 6.07) is 7.05. The van der Waals surface area contributed by atoms with Crippen LogP contribution in [0, 0.1) is 11.3 Å². The van der Waals surface area contributed by atoms with Crippen LogP contribution in [0.25, 0.3) is 11.2 Å². The van der Waals surface area contributed by atoms with Gasteiger partial charge in [0.25, 0.3) is 5.56 Å². The Morgan fingerprint density at radius 2 is 2.04 bits per heavy atom. The Morgan fingerprint density at radius 3 is 2.77 bits per heavy atom. The largest absolute Gasteiger partial charge is 0.492 e. The topological polar surface area (TPSA) is 94.8 Å². The first-order valence-corrected chi connectivity index (χ1v) is 8.25. The third-order valence-corrected chi connectivity index (χ3v) is 4.42. The van der Waals surface area contributed by atoms with Gasteiger partial charge >= 0.3 is 5.69 Å². The fraction of sp³-hybridized carbons (Fsp3) is 0.294. The molecule has 134 valence electrons. The maximum atomic E-state index is 12.4. The van der Waals surface area contributed by atoms with E-state index in [1.807, 2.05) is 6.07 Å². The third kappa shape index (κ3) is 2.97. The van der Waals surface area contributed by atoms with Crippen LogP contribution in [0.2, 0.25) is 5.02 Å². The van der Waals surface area contributed by atoms with Crippen LogP contribution in [0.5, 0.6) is 5.75 Å². The number of halogens is 1. The Hall–Kier alpha value is -3.05. The minimum absolute atomic E-state index is 0.297. The van der Waals surface area contributed by atoms with E-state index in [0.29, 0.717) is 47.1 Å². The molecule has 0 N–H and O–H groups in total. The van der Waals surface area contributed by atoms with Crippen molar-refractivity contribution in [1.29, 1.82) is 5.26 Å². The molecule has 1 aromatic carbocycles. The Kier molecular flexibility index (Phi) is 4.82. The molecule has 0 aliphatic heterocycles. The SMILES string of the molecule is Cn1c(=O)c2c(ncn2CCCOc2cccc(Cl)c2C#N)n(C)c1=O. The average Bonchev–Trinajstić information content (AvgIpc) is 3.06. The van der Waals surface area contributed by atoms with Crippen molar-refractivity contribution < 1.29 is 4.74 Å². The summed E-state index contributed by atoms with van der Waals surface area (Å²) in [6.45, 7) is 0.813. The highest BCUT2D eigenvalue weighted by Gasteiger charge is 2.14. The molecule has 0 aliphatic carbocycles. The summed E-state index contributed by atoms with van der Waals surface area (Å²) in [6.07, 6.45) is 2.11. The lowest BCUT2D eigenvalue weighted by molar-refractivity contribution is 0.301. The molecule has 0 bridgehead atoms. The van der Waals surface area contributed by atoms with Crippen LogP contribution < -0.4 is 16.0 Å². The number of rotatable bonds is 5. The number of benzene rings is 1. The number of hydrogen-bond acceptors (Lipinski definition) is 5. The Labute approximate surface area is 153 Å². The molecular weight excluding hydrogens is 358 g/mol. The monoisotopic (exact) mass is 373 g/mol. The summed E-state index contributed by atoms with van der Waals surface area (Å²) in [5.41, 5.74) is 0.214. The van der Waals surface area contributed by atoms with Gasteiger partial charge in [0.1, 0.15) is 17.4 Å². The predicted octanol–water partition coefficient (Wildman–Crippen LogP) is 1.43. The van der Waals surface area contributed by atoms with Crippen LogP contribution in [0.4, 0.5) is 0 Å². The van der Waals surface area contributed by atoms with Gasteiger partial charge in [0.15, 0.2) is 11.2 Å². The van der Waals surface area contributed by atoms with Crippen molar-refractivity contribution in [2.45, 2.75) is 13.0 Å². The summed E-state index contributed by atoms with van der Waals surface area (Å²) in [5.74, 6) is 0.425. The summed E-state index contributed by atoms with van der Waals surface area (Å²) in [7, 11) is 3.01.